The molecule has 0 spiro atoms. The first kappa shape index (κ1) is 21.7. The largest absolute Gasteiger partial charge is 0.454 e. The molecule has 1 saturated heterocycles. The number of benzene rings is 2. The molecule has 1 fully saturated rings. The van der Waals surface area contributed by atoms with E-state index in [1.807, 2.05) is 31.2 Å². The Morgan fingerprint density at radius 2 is 1.78 bits per heavy atom. The number of likely N-dealkylation sites (tertiary alicyclic amines) is 1. The summed E-state index contributed by atoms with van der Waals surface area (Å²) in [5.74, 6) is -0.0250. The smallest absolute Gasteiger partial charge is 0.309 e. The molecule has 0 unspecified atom stereocenters. The number of aryl methyl sites for hydroxylation is 1. The summed E-state index contributed by atoms with van der Waals surface area (Å²) in [5.41, 5.74) is 2.15. The molecule has 0 radical (unpaired) electrons. The molecule has 1 N–H and O–H groups in total. The Balaban J connectivity index is 1.26. The lowest BCUT2D eigenvalue weighted by molar-refractivity contribution is -0.158. The molecule has 4 rings (SSSR count). The fourth-order valence-corrected chi connectivity index (χ4v) is 3.84. The van der Waals surface area contributed by atoms with Gasteiger partial charge in [-0.3, -0.25) is 14.4 Å². The highest BCUT2D eigenvalue weighted by molar-refractivity contribution is 5.96. The van der Waals surface area contributed by atoms with Gasteiger partial charge in [0.25, 0.3) is 11.8 Å². The van der Waals surface area contributed by atoms with E-state index >= 15 is 0 Å². The van der Waals surface area contributed by atoms with E-state index in [0.717, 1.165) is 5.56 Å². The second-order valence-electron chi connectivity index (χ2n) is 8.02. The van der Waals surface area contributed by atoms with Crippen molar-refractivity contribution in [3.63, 3.8) is 0 Å². The number of esters is 1. The number of ether oxygens (including phenoxy) is 3. The third-order valence-electron chi connectivity index (χ3n) is 5.79. The van der Waals surface area contributed by atoms with E-state index in [-0.39, 0.29) is 18.6 Å². The third-order valence-corrected chi connectivity index (χ3v) is 5.79. The van der Waals surface area contributed by atoms with Crippen molar-refractivity contribution in [2.75, 3.05) is 25.2 Å². The minimum absolute atomic E-state index is 0.0219. The van der Waals surface area contributed by atoms with Crippen LogP contribution >= 0.6 is 0 Å². The molecule has 0 aromatic heterocycles. The zero-order valence-corrected chi connectivity index (χ0v) is 18.1. The summed E-state index contributed by atoms with van der Waals surface area (Å²) in [6.07, 6.45) is 0.0689. The third kappa shape index (κ3) is 4.69. The number of piperidine rings is 1. The first-order valence-corrected chi connectivity index (χ1v) is 10.7. The number of nitrogens with one attached hydrogen (secondary N) is 1. The Morgan fingerprint density at radius 3 is 2.53 bits per heavy atom. The topological polar surface area (TPSA) is 94.2 Å². The molecular formula is C24H26N2O6. The maximum absolute atomic E-state index is 12.7. The molecule has 0 saturated carbocycles. The number of carbonyl (C=O) groups excluding carboxylic acids is 3. The van der Waals surface area contributed by atoms with Gasteiger partial charge in [-0.25, -0.2) is 0 Å². The van der Waals surface area contributed by atoms with Gasteiger partial charge in [0.05, 0.1) is 5.92 Å². The van der Waals surface area contributed by atoms with Gasteiger partial charge in [0.15, 0.2) is 17.6 Å². The molecule has 1 atom stereocenters. The van der Waals surface area contributed by atoms with Gasteiger partial charge in [0, 0.05) is 30.4 Å². The summed E-state index contributed by atoms with van der Waals surface area (Å²) in [6.45, 7) is 4.55. The first-order chi connectivity index (χ1) is 15.4. The monoisotopic (exact) mass is 438 g/mol. The van der Waals surface area contributed by atoms with Crippen molar-refractivity contribution < 1.29 is 28.6 Å². The van der Waals surface area contributed by atoms with E-state index in [4.69, 9.17) is 14.2 Å². The van der Waals surface area contributed by atoms with Crippen molar-refractivity contribution in [1.82, 2.24) is 4.90 Å². The minimum Gasteiger partial charge on any atom is -0.454 e. The number of rotatable bonds is 5. The Kier molecular flexibility index (Phi) is 6.30. The summed E-state index contributed by atoms with van der Waals surface area (Å²) in [4.78, 5) is 39.5. The normalized spacial score (nSPS) is 16.4. The molecule has 2 amide bonds. The lowest BCUT2D eigenvalue weighted by Gasteiger charge is -2.31. The van der Waals surface area contributed by atoms with Crippen LogP contribution in [0.25, 0.3) is 0 Å². The Morgan fingerprint density at radius 1 is 1.06 bits per heavy atom. The molecule has 8 nitrogen and oxygen atoms in total. The standard InChI is InChI=1S/C24H26N2O6/c1-15-5-3-4-6-19(15)23(28)26-11-9-17(10-12-26)24(29)32-16(2)22(27)25-18-7-8-20-21(13-18)31-14-30-20/h3-8,13,16-17H,9-12,14H2,1-2H3,(H,25,27)/t16-/m0/s1. The Bertz CT molecular complexity index is 1030. The van der Waals surface area contributed by atoms with Crippen LogP contribution in [-0.2, 0) is 14.3 Å². The zero-order valence-electron chi connectivity index (χ0n) is 18.1. The van der Waals surface area contributed by atoms with Crippen molar-refractivity contribution in [2.24, 2.45) is 5.92 Å². The first-order valence-electron chi connectivity index (χ1n) is 10.7. The number of fused-ring (bicyclic) bond motifs is 1. The van der Waals surface area contributed by atoms with Crippen LogP contribution in [0.3, 0.4) is 0 Å². The number of nitrogens with zero attached hydrogens (tertiary/aromatic N) is 1. The Hall–Kier alpha value is -3.55. The molecule has 2 heterocycles. The molecule has 32 heavy (non-hydrogen) atoms. The maximum atomic E-state index is 12.7. The van der Waals surface area contributed by atoms with Gasteiger partial charge < -0.3 is 24.4 Å². The highest BCUT2D eigenvalue weighted by Gasteiger charge is 2.31. The molecule has 0 bridgehead atoms. The van der Waals surface area contributed by atoms with Gasteiger partial charge in [0.1, 0.15) is 0 Å². The van der Waals surface area contributed by atoms with Crippen LogP contribution in [-0.4, -0.2) is 48.7 Å². The fourth-order valence-electron chi connectivity index (χ4n) is 3.84. The van der Waals surface area contributed by atoms with Crippen LogP contribution in [0.4, 0.5) is 5.69 Å². The highest BCUT2D eigenvalue weighted by Crippen LogP contribution is 2.34. The second kappa shape index (κ2) is 9.30. The van der Waals surface area contributed by atoms with E-state index in [1.165, 1.54) is 6.92 Å². The van der Waals surface area contributed by atoms with Crippen molar-refractivity contribution in [1.29, 1.82) is 0 Å². The van der Waals surface area contributed by atoms with Gasteiger partial charge in [0.2, 0.25) is 6.79 Å². The van der Waals surface area contributed by atoms with Crippen LogP contribution in [0.15, 0.2) is 42.5 Å². The van der Waals surface area contributed by atoms with Crippen molar-refractivity contribution in [2.45, 2.75) is 32.8 Å². The predicted molar refractivity (Wildman–Crippen MR) is 117 cm³/mol. The summed E-state index contributed by atoms with van der Waals surface area (Å²) < 4.78 is 16.0. The molecule has 2 aromatic rings. The lowest BCUT2D eigenvalue weighted by Crippen LogP contribution is -2.42. The maximum Gasteiger partial charge on any atom is 0.309 e. The van der Waals surface area contributed by atoms with E-state index in [9.17, 15) is 14.4 Å². The van der Waals surface area contributed by atoms with E-state index in [0.29, 0.717) is 48.7 Å². The fraction of sp³-hybridized carbons (Fsp3) is 0.375. The van der Waals surface area contributed by atoms with Crippen molar-refractivity contribution in [3.05, 3.63) is 53.6 Å². The number of hydrogen-bond acceptors (Lipinski definition) is 6. The van der Waals surface area contributed by atoms with E-state index < -0.39 is 18.0 Å². The molecule has 168 valence electrons. The SMILES string of the molecule is Cc1ccccc1C(=O)N1CCC(C(=O)O[C@@H](C)C(=O)Nc2ccc3c(c2)OCO3)CC1. The van der Waals surface area contributed by atoms with Gasteiger partial charge in [-0.05, 0) is 50.5 Å². The minimum atomic E-state index is -0.945. The van der Waals surface area contributed by atoms with Gasteiger partial charge in [-0.1, -0.05) is 18.2 Å². The van der Waals surface area contributed by atoms with Gasteiger partial charge in [-0.15, -0.1) is 0 Å². The number of carbonyl (C=O) groups is 3. The molecular weight excluding hydrogens is 412 g/mol. The lowest BCUT2D eigenvalue weighted by atomic mass is 9.96. The Labute approximate surface area is 186 Å². The quantitative estimate of drug-likeness (QED) is 0.721. The summed E-state index contributed by atoms with van der Waals surface area (Å²) in [6, 6.07) is 12.5. The second-order valence-corrected chi connectivity index (χ2v) is 8.02. The van der Waals surface area contributed by atoms with Gasteiger partial charge in [-0.2, -0.15) is 0 Å². The average molecular weight is 438 g/mol. The molecule has 2 aliphatic rings. The van der Waals surface area contributed by atoms with Crippen LogP contribution in [0.5, 0.6) is 11.5 Å². The van der Waals surface area contributed by atoms with Crippen molar-refractivity contribution in [3.8, 4) is 11.5 Å². The number of amides is 2. The van der Waals surface area contributed by atoms with Crippen LogP contribution in [0.1, 0.15) is 35.7 Å². The van der Waals surface area contributed by atoms with E-state index in [1.54, 1.807) is 23.1 Å². The zero-order chi connectivity index (χ0) is 22.7. The molecule has 8 heteroatoms. The van der Waals surface area contributed by atoms with Crippen LogP contribution in [0.2, 0.25) is 0 Å². The van der Waals surface area contributed by atoms with E-state index in [2.05, 4.69) is 5.32 Å². The van der Waals surface area contributed by atoms with Crippen LogP contribution < -0.4 is 14.8 Å². The number of hydrogen-bond donors (Lipinski definition) is 1. The van der Waals surface area contributed by atoms with Crippen LogP contribution in [0, 0.1) is 12.8 Å². The molecule has 0 aliphatic carbocycles. The highest BCUT2D eigenvalue weighted by atomic mass is 16.7. The summed E-state index contributed by atoms with van der Waals surface area (Å²) in [5, 5.41) is 2.72. The summed E-state index contributed by atoms with van der Waals surface area (Å²) >= 11 is 0. The summed E-state index contributed by atoms with van der Waals surface area (Å²) in [7, 11) is 0. The molecule has 2 aliphatic heterocycles. The average Bonchev–Trinajstić information content (AvgIpc) is 3.27. The molecule has 2 aromatic carbocycles. The predicted octanol–water partition coefficient (Wildman–Crippen LogP) is 3.15. The number of anilines is 1. The van der Waals surface area contributed by atoms with Gasteiger partial charge >= 0.3 is 5.97 Å². The van der Waals surface area contributed by atoms with Crippen molar-refractivity contribution >= 4 is 23.5 Å².